The number of aryl methyl sites for hydroxylation is 2. The third-order valence-electron chi connectivity index (χ3n) is 5.81. The number of anilines is 2. The van der Waals surface area contributed by atoms with Crippen LogP contribution in [0.1, 0.15) is 21.5 Å². The van der Waals surface area contributed by atoms with Gasteiger partial charge in [0.05, 0.1) is 39.8 Å². The average Bonchev–Trinajstić information content (AvgIpc) is 2.84. The molecule has 0 atom stereocenters. The van der Waals surface area contributed by atoms with Gasteiger partial charge in [0, 0.05) is 5.56 Å². The summed E-state index contributed by atoms with van der Waals surface area (Å²) in [4.78, 5) is 12.0. The molecule has 0 radical (unpaired) electrons. The Morgan fingerprint density at radius 2 is 1.29 bits per heavy atom. The van der Waals surface area contributed by atoms with Crippen LogP contribution < -0.4 is 10.6 Å². The van der Waals surface area contributed by atoms with Crippen LogP contribution in [0, 0.1) is 13.8 Å². The minimum atomic E-state index is -3.86. The molecule has 202 valence electrons. The zero-order valence-electron chi connectivity index (χ0n) is 20.0. The molecule has 0 fully saturated rings. The second-order valence-electron chi connectivity index (χ2n) is 8.58. The van der Waals surface area contributed by atoms with Crippen LogP contribution in [0.4, 0.5) is 37.7 Å². The standard InChI is InChI=1S/C26H20F6N2O3.H2O/c1-13-7-17-21(9-19(13)33-25(29,30)11-27)37-22-10-20(34-26(31,32)12-28)14(2)8-18(22)23(17)15-5-3-4-6-16(15)24(35)36;/h3-10,33-34H,11-12H2,1-2H3;1H2. The van der Waals surface area contributed by atoms with Crippen molar-refractivity contribution in [3.05, 3.63) is 65.2 Å². The Kier molecular flexibility index (Phi) is 7.78. The number of hydrogen-bond acceptors (Lipinski definition) is 4. The number of carboxylic acids is 1. The summed E-state index contributed by atoms with van der Waals surface area (Å²) < 4.78 is 86.5. The van der Waals surface area contributed by atoms with Gasteiger partial charge in [-0.05, 0) is 48.7 Å². The van der Waals surface area contributed by atoms with E-state index in [0.717, 1.165) is 0 Å². The van der Waals surface area contributed by atoms with Gasteiger partial charge in [0.2, 0.25) is 0 Å². The third kappa shape index (κ3) is 5.44. The molecule has 0 bridgehead atoms. The van der Waals surface area contributed by atoms with Crippen molar-refractivity contribution in [2.24, 2.45) is 0 Å². The Balaban J connectivity index is 0.00000400. The van der Waals surface area contributed by atoms with Crippen molar-refractivity contribution in [1.29, 1.82) is 0 Å². The average molecular weight is 540 g/mol. The molecule has 0 amide bonds. The van der Waals surface area contributed by atoms with E-state index in [1.54, 1.807) is 12.1 Å². The number of nitrogens with one attached hydrogen (secondary N) is 2. The van der Waals surface area contributed by atoms with Crippen LogP contribution in [0.25, 0.3) is 33.1 Å². The highest BCUT2D eigenvalue weighted by Crippen LogP contribution is 2.42. The quantitative estimate of drug-likeness (QED) is 0.0920. The predicted molar refractivity (Wildman–Crippen MR) is 131 cm³/mol. The van der Waals surface area contributed by atoms with Crippen molar-refractivity contribution in [2.75, 3.05) is 24.0 Å². The zero-order valence-corrected chi connectivity index (χ0v) is 20.0. The van der Waals surface area contributed by atoms with E-state index >= 15 is 0 Å². The molecule has 0 unspecified atom stereocenters. The summed E-state index contributed by atoms with van der Waals surface area (Å²) in [6, 6.07) is 3.73. The number of rotatable bonds is 8. The highest BCUT2D eigenvalue weighted by molar-refractivity contribution is 6.13. The molecule has 0 saturated carbocycles. The molecule has 12 heteroatoms. The fourth-order valence-corrected chi connectivity index (χ4v) is 4.11. The Hall–Kier alpha value is -4.06. The van der Waals surface area contributed by atoms with Gasteiger partial charge >= 0.3 is 29.2 Å². The van der Waals surface area contributed by atoms with Gasteiger partial charge in [0.15, 0.2) is 13.3 Å². The van der Waals surface area contributed by atoms with E-state index < -0.39 is 31.4 Å². The first kappa shape index (κ1) is 28.5. The maximum atomic E-state index is 13.8. The summed E-state index contributed by atoms with van der Waals surface area (Å²) in [5.74, 6) is -1.23. The van der Waals surface area contributed by atoms with Gasteiger partial charge in [-0.1, -0.05) is 18.2 Å². The normalized spacial score (nSPS) is 11.9. The van der Waals surface area contributed by atoms with E-state index in [1.807, 2.05) is 10.6 Å². The number of alkyl halides is 6. The van der Waals surface area contributed by atoms with Crippen LogP contribution in [-0.2, 0) is 0 Å². The smallest absolute Gasteiger partial charge is 0.363 e. The molecular formula is C26H22F6N2O4. The fourth-order valence-electron chi connectivity index (χ4n) is 4.11. The maximum absolute atomic E-state index is 13.8. The summed E-state index contributed by atoms with van der Waals surface area (Å²) in [5.41, 5.74) is 0.843. The summed E-state index contributed by atoms with van der Waals surface area (Å²) >= 11 is 0. The predicted octanol–water partition coefficient (Wildman–Crippen LogP) is 7.62. The van der Waals surface area contributed by atoms with E-state index in [0.29, 0.717) is 27.5 Å². The molecule has 0 aliphatic rings. The Morgan fingerprint density at radius 3 is 1.71 bits per heavy atom. The highest BCUT2D eigenvalue weighted by atomic mass is 19.3. The molecule has 3 aromatic carbocycles. The lowest BCUT2D eigenvalue weighted by molar-refractivity contribution is 0.00639. The summed E-state index contributed by atoms with van der Waals surface area (Å²) in [6.45, 7) is -0.920. The van der Waals surface area contributed by atoms with Gasteiger partial charge in [-0.2, -0.15) is 17.6 Å². The first-order valence-corrected chi connectivity index (χ1v) is 11.0. The zero-order chi connectivity index (χ0) is 27.1. The van der Waals surface area contributed by atoms with E-state index in [9.17, 15) is 36.2 Å². The van der Waals surface area contributed by atoms with E-state index in [2.05, 4.69) is 0 Å². The first-order valence-electron chi connectivity index (χ1n) is 11.0. The second-order valence-corrected chi connectivity index (χ2v) is 8.58. The third-order valence-corrected chi connectivity index (χ3v) is 5.81. The number of hydrogen-bond donors (Lipinski definition) is 3. The fraction of sp³-hybridized carbons (Fsp3) is 0.231. The van der Waals surface area contributed by atoms with Crippen molar-refractivity contribution in [1.82, 2.24) is 0 Å². The van der Waals surface area contributed by atoms with Crippen LogP contribution in [0.5, 0.6) is 0 Å². The molecule has 4 aromatic rings. The molecule has 0 saturated heterocycles. The van der Waals surface area contributed by atoms with Gasteiger partial charge in [-0.15, -0.1) is 0 Å². The highest BCUT2D eigenvalue weighted by Gasteiger charge is 2.33. The van der Waals surface area contributed by atoms with E-state index in [-0.39, 0.29) is 39.1 Å². The summed E-state index contributed by atoms with van der Waals surface area (Å²) in [6.07, 6.45) is 0. The molecule has 1 heterocycles. The Morgan fingerprint density at radius 1 is 0.842 bits per heavy atom. The monoisotopic (exact) mass is 540 g/mol. The second kappa shape index (κ2) is 10.4. The van der Waals surface area contributed by atoms with Crippen molar-refractivity contribution in [3.8, 4) is 11.1 Å². The minimum absolute atomic E-state index is 0. The Labute approximate surface area is 212 Å². The van der Waals surface area contributed by atoms with Gasteiger partial charge in [-0.3, -0.25) is 0 Å². The molecule has 0 aliphatic carbocycles. The summed E-state index contributed by atoms with van der Waals surface area (Å²) in [7, 11) is 0. The van der Waals surface area contributed by atoms with E-state index in [1.165, 1.54) is 50.2 Å². The van der Waals surface area contributed by atoms with E-state index in [4.69, 9.17) is 4.42 Å². The van der Waals surface area contributed by atoms with Crippen molar-refractivity contribution in [2.45, 2.75) is 25.9 Å². The lowest BCUT2D eigenvalue weighted by atomic mass is 9.91. The molecule has 38 heavy (non-hydrogen) atoms. The summed E-state index contributed by atoms with van der Waals surface area (Å²) in [5, 5.41) is 14.1. The Bertz CT molecular complexity index is 1450. The minimum Gasteiger partial charge on any atom is -0.870 e. The topological polar surface area (TPSA) is 103 Å². The molecular weight excluding hydrogens is 518 g/mol. The molecule has 0 aliphatic heterocycles. The number of carboxylic acid groups (broad SMARTS) is 1. The lowest BCUT2D eigenvalue weighted by Gasteiger charge is -2.18. The van der Waals surface area contributed by atoms with Gasteiger partial charge in [-0.25, -0.2) is 18.0 Å². The first-order chi connectivity index (χ1) is 17.4. The molecule has 1 aromatic heterocycles. The van der Waals surface area contributed by atoms with Crippen LogP contribution in [-0.4, -0.2) is 42.0 Å². The number of fused-ring (bicyclic) bond motifs is 2. The number of benzene rings is 3. The van der Waals surface area contributed by atoms with Gasteiger partial charge in [0.1, 0.15) is 0 Å². The van der Waals surface area contributed by atoms with Crippen LogP contribution >= 0.6 is 0 Å². The maximum Gasteiger partial charge on any atom is 0.363 e. The van der Waals surface area contributed by atoms with Crippen LogP contribution in [0.3, 0.4) is 0 Å². The molecule has 6 nitrogen and oxygen atoms in total. The number of halogens is 6. The van der Waals surface area contributed by atoms with Crippen molar-refractivity contribution in [3.63, 3.8) is 0 Å². The molecule has 0 spiro atoms. The van der Waals surface area contributed by atoms with Crippen LogP contribution in [0.2, 0.25) is 0 Å². The molecule has 4 rings (SSSR count). The van der Waals surface area contributed by atoms with Crippen molar-refractivity contribution < 1.29 is 46.1 Å². The van der Waals surface area contributed by atoms with Crippen LogP contribution in [0.15, 0.2) is 52.9 Å². The van der Waals surface area contributed by atoms with Gasteiger partial charge < -0.3 is 21.2 Å². The lowest BCUT2D eigenvalue weighted by Crippen LogP contribution is -2.30. The SMILES string of the molecule is Cc1cc2c(-c3ccccc3C(=O)O)c3cc(C)c(NC(F)(F)CF)cc3[o+]c2cc1NC(F)(F)CF.[OH-]. The number of carbonyl (C=O) groups is 1. The van der Waals surface area contributed by atoms with Crippen molar-refractivity contribution >= 4 is 39.3 Å². The van der Waals surface area contributed by atoms with Gasteiger partial charge in [0.25, 0.3) is 0 Å². The molecule has 4 N–H and O–H groups in total. The largest absolute Gasteiger partial charge is 0.870 e. The number of aromatic carboxylic acids is 1.